The van der Waals surface area contributed by atoms with E-state index in [1.54, 1.807) is 44.4 Å². The van der Waals surface area contributed by atoms with Gasteiger partial charge in [0.25, 0.3) is 5.91 Å². The third kappa shape index (κ3) is 5.63. The number of para-hydroxylation sites is 1. The van der Waals surface area contributed by atoms with E-state index in [2.05, 4.69) is 0 Å². The summed E-state index contributed by atoms with van der Waals surface area (Å²) >= 11 is 0. The molecule has 0 unspecified atom stereocenters. The molecule has 9 nitrogen and oxygen atoms in total. The molecule has 1 aliphatic rings. The van der Waals surface area contributed by atoms with Crippen LogP contribution in [0.1, 0.15) is 41.7 Å². The van der Waals surface area contributed by atoms with Crippen LogP contribution in [0.4, 0.5) is 5.69 Å². The van der Waals surface area contributed by atoms with E-state index >= 15 is 0 Å². The molecule has 206 valence electrons. The van der Waals surface area contributed by atoms with E-state index < -0.39 is 30.5 Å². The topological polar surface area (TPSA) is 104 Å². The molecule has 0 saturated heterocycles. The highest BCUT2D eigenvalue weighted by Gasteiger charge is 2.39. The van der Waals surface area contributed by atoms with E-state index in [0.717, 1.165) is 23.1 Å². The van der Waals surface area contributed by atoms with E-state index in [9.17, 15) is 14.7 Å². The number of fused-ring (bicyclic) bond motifs is 1. The number of aliphatic carboxylic acids is 1. The number of carboxylic acid groups (broad SMARTS) is 1. The maximum Gasteiger partial charge on any atom is 0.306 e. The SMILES string of the molecule is CCc1ccc2c(c1)[C@H](c1cccc(OC)c1OC)O[C@@H](CC(=O)O)C(=O)N2Cc1ccc(OC)cc1OC. The number of anilines is 1. The lowest BCUT2D eigenvalue weighted by molar-refractivity contribution is -0.147. The second-order valence-corrected chi connectivity index (χ2v) is 9.03. The number of amides is 1. The van der Waals surface area contributed by atoms with Gasteiger partial charge in [0.1, 0.15) is 23.7 Å². The maximum absolute atomic E-state index is 14.0. The van der Waals surface area contributed by atoms with Crippen LogP contribution in [0.3, 0.4) is 0 Å². The summed E-state index contributed by atoms with van der Waals surface area (Å²) in [5.41, 5.74) is 3.71. The molecule has 0 radical (unpaired) electrons. The van der Waals surface area contributed by atoms with Crippen LogP contribution in [0.2, 0.25) is 0 Å². The Morgan fingerprint density at radius 2 is 1.69 bits per heavy atom. The van der Waals surface area contributed by atoms with Gasteiger partial charge < -0.3 is 33.7 Å². The number of aryl methyl sites for hydroxylation is 1. The minimum atomic E-state index is -1.26. The van der Waals surface area contributed by atoms with Gasteiger partial charge in [-0.3, -0.25) is 9.59 Å². The summed E-state index contributed by atoms with van der Waals surface area (Å²) in [4.78, 5) is 27.4. The zero-order valence-corrected chi connectivity index (χ0v) is 22.7. The molecule has 0 fully saturated rings. The molecule has 2 atom stereocenters. The van der Waals surface area contributed by atoms with Gasteiger partial charge in [0.2, 0.25) is 0 Å². The Morgan fingerprint density at radius 3 is 2.33 bits per heavy atom. The number of carbonyl (C=O) groups excluding carboxylic acids is 1. The molecule has 4 rings (SSSR count). The molecule has 1 N–H and O–H groups in total. The molecule has 9 heteroatoms. The first-order valence-electron chi connectivity index (χ1n) is 12.6. The Morgan fingerprint density at radius 1 is 0.923 bits per heavy atom. The van der Waals surface area contributed by atoms with Gasteiger partial charge in [0, 0.05) is 22.8 Å². The van der Waals surface area contributed by atoms with Gasteiger partial charge in [-0.25, -0.2) is 0 Å². The number of carboxylic acids is 1. The van der Waals surface area contributed by atoms with Gasteiger partial charge in [-0.2, -0.15) is 0 Å². The first-order valence-corrected chi connectivity index (χ1v) is 12.6. The monoisotopic (exact) mass is 535 g/mol. The van der Waals surface area contributed by atoms with Crippen molar-refractivity contribution in [3.8, 4) is 23.0 Å². The quantitative estimate of drug-likeness (QED) is 0.396. The highest BCUT2D eigenvalue weighted by atomic mass is 16.5. The van der Waals surface area contributed by atoms with Crippen molar-refractivity contribution in [2.45, 2.75) is 38.5 Å². The highest BCUT2D eigenvalue weighted by Crippen LogP contribution is 2.45. The summed E-state index contributed by atoms with van der Waals surface area (Å²) in [6.07, 6.45) is -1.81. The van der Waals surface area contributed by atoms with Crippen molar-refractivity contribution in [2.75, 3.05) is 33.3 Å². The fourth-order valence-corrected chi connectivity index (χ4v) is 4.84. The predicted molar refractivity (Wildman–Crippen MR) is 145 cm³/mol. The van der Waals surface area contributed by atoms with Crippen molar-refractivity contribution in [2.24, 2.45) is 0 Å². The van der Waals surface area contributed by atoms with Crippen LogP contribution >= 0.6 is 0 Å². The summed E-state index contributed by atoms with van der Waals surface area (Å²) in [6, 6.07) is 16.6. The van der Waals surface area contributed by atoms with Crippen LogP contribution in [0.5, 0.6) is 23.0 Å². The van der Waals surface area contributed by atoms with Gasteiger partial charge in [-0.1, -0.05) is 31.2 Å². The van der Waals surface area contributed by atoms with Crippen LogP contribution in [-0.4, -0.2) is 51.5 Å². The van der Waals surface area contributed by atoms with Crippen molar-refractivity contribution < 1.29 is 38.4 Å². The van der Waals surface area contributed by atoms with Crippen molar-refractivity contribution in [3.63, 3.8) is 0 Å². The number of hydrogen-bond acceptors (Lipinski definition) is 7. The van der Waals surface area contributed by atoms with Gasteiger partial charge in [-0.15, -0.1) is 0 Å². The second-order valence-electron chi connectivity index (χ2n) is 9.03. The average Bonchev–Trinajstić information content (AvgIpc) is 3.06. The molecule has 0 aromatic heterocycles. The van der Waals surface area contributed by atoms with Crippen LogP contribution in [0.25, 0.3) is 0 Å². The smallest absolute Gasteiger partial charge is 0.306 e. The van der Waals surface area contributed by atoms with E-state index in [0.29, 0.717) is 34.2 Å². The molecule has 0 bridgehead atoms. The van der Waals surface area contributed by atoms with Gasteiger partial charge >= 0.3 is 5.97 Å². The van der Waals surface area contributed by atoms with Crippen molar-refractivity contribution in [1.29, 1.82) is 0 Å². The Bertz CT molecular complexity index is 1350. The molecule has 1 aliphatic heterocycles. The summed E-state index contributed by atoms with van der Waals surface area (Å²) in [5, 5.41) is 9.70. The first-order chi connectivity index (χ1) is 18.8. The van der Waals surface area contributed by atoms with Gasteiger partial charge in [0.15, 0.2) is 11.5 Å². The number of ether oxygens (including phenoxy) is 5. The normalized spacial score (nSPS) is 16.7. The summed E-state index contributed by atoms with van der Waals surface area (Å²) < 4.78 is 28.5. The van der Waals surface area contributed by atoms with Gasteiger partial charge in [-0.05, 0) is 36.2 Å². The predicted octanol–water partition coefficient (Wildman–Crippen LogP) is 4.78. The van der Waals surface area contributed by atoms with Crippen molar-refractivity contribution in [3.05, 3.63) is 76.9 Å². The minimum Gasteiger partial charge on any atom is -0.497 e. The second kappa shape index (κ2) is 12.1. The first kappa shape index (κ1) is 27.8. The van der Waals surface area contributed by atoms with Crippen LogP contribution in [0, 0.1) is 0 Å². The maximum atomic E-state index is 14.0. The number of hydrogen-bond donors (Lipinski definition) is 1. The third-order valence-corrected chi connectivity index (χ3v) is 6.81. The number of nitrogens with zero attached hydrogens (tertiary/aromatic N) is 1. The molecular formula is C30H33NO8. The molecule has 0 saturated carbocycles. The summed E-state index contributed by atoms with van der Waals surface area (Å²) in [6.45, 7) is 2.17. The van der Waals surface area contributed by atoms with E-state index in [1.165, 1.54) is 7.11 Å². The van der Waals surface area contributed by atoms with Crippen molar-refractivity contribution in [1.82, 2.24) is 0 Å². The summed E-state index contributed by atoms with van der Waals surface area (Å²) in [7, 11) is 6.18. The lowest BCUT2D eigenvalue weighted by Crippen LogP contribution is -2.40. The van der Waals surface area contributed by atoms with Crippen molar-refractivity contribution >= 4 is 17.6 Å². The molecule has 3 aromatic carbocycles. The minimum absolute atomic E-state index is 0.131. The number of methoxy groups -OCH3 is 4. The van der Waals surface area contributed by atoms with E-state index in [-0.39, 0.29) is 6.54 Å². The number of rotatable bonds is 10. The van der Waals surface area contributed by atoms with Crippen LogP contribution in [-0.2, 0) is 27.3 Å². The molecular weight excluding hydrogens is 502 g/mol. The molecule has 39 heavy (non-hydrogen) atoms. The fraction of sp³-hybridized carbons (Fsp3) is 0.333. The van der Waals surface area contributed by atoms with Crippen LogP contribution < -0.4 is 23.8 Å². The third-order valence-electron chi connectivity index (χ3n) is 6.81. The van der Waals surface area contributed by atoms with E-state index in [4.69, 9.17) is 23.7 Å². The Balaban J connectivity index is 1.93. The zero-order chi connectivity index (χ0) is 28.1. The number of carbonyl (C=O) groups is 2. The van der Waals surface area contributed by atoms with Crippen LogP contribution in [0.15, 0.2) is 54.6 Å². The molecule has 0 aliphatic carbocycles. The lowest BCUT2D eigenvalue weighted by Gasteiger charge is -2.26. The molecule has 3 aromatic rings. The molecule has 1 heterocycles. The molecule has 0 spiro atoms. The lowest BCUT2D eigenvalue weighted by atomic mass is 9.95. The summed E-state index contributed by atoms with van der Waals surface area (Å²) in [5.74, 6) is 0.488. The Kier molecular flexibility index (Phi) is 8.61. The molecule has 1 amide bonds. The Labute approximate surface area is 227 Å². The van der Waals surface area contributed by atoms with Gasteiger partial charge in [0.05, 0.1) is 47.1 Å². The Hall–Kier alpha value is -4.24. The zero-order valence-electron chi connectivity index (χ0n) is 22.7. The van der Waals surface area contributed by atoms with E-state index in [1.807, 2.05) is 43.3 Å². The fourth-order valence-electron chi connectivity index (χ4n) is 4.84. The largest absolute Gasteiger partial charge is 0.497 e. The number of benzene rings is 3. The standard InChI is InChI=1S/C30H33NO8/c1-6-18-10-13-23-22(14-18)28(21-8-7-9-24(36-3)29(21)38-5)39-26(16-27(32)33)30(34)31(23)17-19-11-12-20(35-2)15-25(19)37-4/h7-15,26,28H,6,16-17H2,1-5H3,(H,32,33)/t26-,28-/m0/s1. The highest BCUT2D eigenvalue weighted by molar-refractivity contribution is 5.99. The average molecular weight is 536 g/mol.